The molecule has 0 aromatic heterocycles. The molecule has 0 aliphatic heterocycles. The molecule has 0 saturated carbocycles. The molecule has 0 spiro atoms. The third kappa shape index (κ3) is 20.2. The number of hydrogen-bond donors (Lipinski definition) is 1. The zero-order valence-corrected chi connectivity index (χ0v) is 19.2. The van der Waals surface area contributed by atoms with Crippen LogP contribution in [0.3, 0.4) is 0 Å². The molecule has 0 saturated heterocycles. The number of methoxy groups -OCH3 is 1. The van der Waals surface area contributed by atoms with Crippen molar-refractivity contribution in [2.75, 3.05) is 7.11 Å². The number of aliphatic carboxylic acids is 1. The van der Waals surface area contributed by atoms with E-state index >= 15 is 0 Å². The Balaban J connectivity index is 3.09. The van der Waals surface area contributed by atoms with Crippen LogP contribution < -0.4 is 0 Å². The summed E-state index contributed by atoms with van der Waals surface area (Å²) in [6.07, 6.45) is 27.4. The maximum absolute atomic E-state index is 10.8. The quantitative estimate of drug-likeness (QED) is 0.176. The molecule has 0 rings (SSSR count). The van der Waals surface area contributed by atoms with Crippen molar-refractivity contribution in [1.29, 1.82) is 0 Å². The zero-order chi connectivity index (χ0) is 20.7. The predicted molar refractivity (Wildman–Crippen MR) is 121 cm³/mol. The topological polar surface area (TPSA) is 46.5 Å². The number of carboxylic acid groups (broad SMARTS) is 1. The van der Waals surface area contributed by atoms with Crippen molar-refractivity contribution in [3.05, 3.63) is 0 Å². The summed E-state index contributed by atoms with van der Waals surface area (Å²) in [6.45, 7) is 2.29. The van der Waals surface area contributed by atoms with Gasteiger partial charge in [0.15, 0.2) is 6.10 Å². The first kappa shape index (κ1) is 27.4. The molecule has 0 fully saturated rings. The highest BCUT2D eigenvalue weighted by Gasteiger charge is 2.14. The van der Waals surface area contributed by atoms with Gasteiger partial charge in [-0.2, -0.15) is 0 Å². The van der Waals surface area contributed by atoms with Crippen LogP contribution in [0.25, 0.3) is 0 Å². The maximum Gasteiger partial charge on any atom is 0.332 e. The lowest BCUT2D eigenvalue weighted by molar-refractivity contribution is -0.148. The van der Waals surface area contributed by atoms with Crippen molar-refractivity contribution in [1.82, 2.24) is 0 Å². The highest BCUT2D eigenvalue weighted by atomic mass is 16.5. The number of ether oxygens (including phenoxy) is 1. The van der Waals surface area contributed by atoms with E-state index in [1.165, 1.54) is 123 Å². The summed E-state index contributed by atoms with van der Waals surface area (Å²) < 4.78 is 4.95. The van der Waals surface area contributed by atoms with E-state index in [0.29, 0.717) is 6.42 Å². The molecule has 0 aromatic rings. The Kier molecular flexibility index (Phi) is 22.3. The van der Waals surface area contributed by atoms with E-state index in [4.69, 9.17) is 9.84 Å². The van der Waals surface area contributed by atoms with Crippen molar-refractivity contribution in [3.63, 3.8) is 0 Å². The lowest BCUT2D eigenvalue weighted by Gasteiger charge is -2.09. The Morgan fingerprint density at radius 1 is 0.607 bits per heavy atom. The van der Waals surface area contributed by atoms with Gasteiger partial charge in [-0.05, 0) is 6.42 Å². The number of unbranched alkanes of at least 4 members (excludes halogenated alkanes) is 19. The molecule has 0 aliphatic rings. The summed E-state index contributed by atoms with van der Waals surface area (Å²) in [4.78, 5) is 10.8. The van der Waals surface area contributed by atoms with Gasteiger partial charge in [0, 0.05) is 7.11 Å². The standard InChI is InChI=1S/C25H50O3/c1-3-4-5-6-7-8-9-10-11-12-13-14-15-16-17-18-19-20-21-22-23-24(28-2)25(26)27/h24H,3-23H2,1-2H3,(H,26,27). The van der Waals surface area contributed by atoms with Crippen LogP contribution in [0.5, 0.6) is 0 Å². The first-order valence-corrected chi connectivity index (χ1v) is 12.5. The lowest BCUT2D eigenvalue weighted by atomic mass is 10.0. The van der Waals surface area contributed by atoms with Crippen LogP contribution in [0.15, 0.2) is 0 Å². The van der Waals surface area contributed by atoms with E-state index in [9.17, 15) is 4.79 Å². The van der Waals surface area contributed by atoms with E-state index in [0.717, 1.165) is 12.8 Å². The summed E-state index contributed by atoms with van der Waals surface area (Å²) in [5.41, 5.74) is 0. The summed E-state index contributed by atoms with van der Waals surface area (Å²) in [5, 5.41) is 8.91. The van der Waals surface area contributed by atoms with Gasteiger partial charge in [-0.1, -0.05) is 135 Å². The average molecular weight is 399 g/mol. The zero-order valence-electron chi connectivity index (χ0n) is 19.2. The van der Waals surface area contributed by atoms with Crippen LogP contribution in [0, 0.1) is 0 Å². The minimum Gasteiger partial charge on any atom is -0.479 e. The van der Waals surface area contributed by atoms with E-state index in [-0.39, 0.29) is 0 Å². The van der Waals surface area contributed by atoms with E-state index in [2.05, 4.69) is 6.92 Å². The number of carboxylic acids is 1. The molecule has 0 bridgehead atoms. The molecule has 0 heterocycles. The van der Waals surface area contributed by atoms with Gasteiger partial charge in [0.1, 0.15) is 0 Å². The minimum absolute atomic E-state index is 0.615. The largest absolute Gasteiger partial charge is 0.479 e. The van der Waals surface area contributed by atoms with Gasteiger partial charge in [-0.25, -0.2) is 4.79 Å². The van der Waals surface area contributed by atoms with Crippen LogP contribution in [-0.4, -0.2) is 24.3 Å². The molecule has 28 heavy (non-hydrogen) atoms. The molecule has 1 unspecified atom stereocenters. The van der Waals surface area contributed by atoms with Gasteiger partial charge >= 0.3 is 5.97 Å². The highest BCUT2D eigenvalue weighted by Crippen LogP contribution is 2.15. The molecule has 3 nitrogen and oxygen atoms in total. The van der Waals surface area contributed by atoms with Gasteiger partial charge in [-0.3, -0.25) is 0 Å². The van der Waals surface area contributed by atoms with Gasteiger partial charge in [0.2, 0.25) is 0 Å². The molecular formula is C25H50O3. The van der Waals surface area contributed by atoms with Gasteiger partial charge in [-0.15, -0.1) is 0 Å². The van der Waals surface area contributed by atoms with Crippen molar-refractivity contribution in [3.8, 4) is 0 Å². The molecule has 0 radical (unpaired) electrons. The molecule has 1 N–H and O–H groups in total. The normalized spacial score (nSPS) is 12.4. The molecular weight excluding hydrogens is 348 g/mol. The van der Waals surface area contributed by atoms with Crippen LogP contribution in [0.4, 0.5) is 0 Å². The van der Waals surface area contributed by atoms with Crippen LogP contribution in [-0.2, 0) is 9.53 Å². The Morgan fingerprint density at radius 3 is 1.14 bits per heavy atom. The third-order valence-corrected chi connectivity index (χ3v) is 5.88. The maximum atomic E-state index is 10.8. The van der Waals surface area contributed by atoms with Gasteiger partial charge in [0.05, 0.1) is 0 Å². The van der Waals surface area contributed by atoms with E-state index in [1.54, 1.807) is 0 Å². The SMILES string of the molecule is CCCCCCCCCCCCCCCCCCCCCCC(OC)C(=O)O. The van der Waals surface area contributed by atoms with Crippen LogP contribution >= 0.6 is 0 Å². The fourth-order valence-corrected chi connectivity index (χ4v) is 3.93. The Hall–Kier alpha value is -0.570. The van der Waals surface area contributed by atoms with Crippen molar-refractivity contribution < 1.29 is 14.6 Å². The lowest BCUT2D eigenvalue weighted by Crippen LogP contribution is -2.21. The first-order chi connectivity index (χ1) is 13.7. The summed E-state index contributed by atoms with van der Waals surface area (Å²) >= 11 is 0. The Morgan fingerprint density at radius 2 is 0.893 bits per heavy atom. The average Bonchev–Trinajstić information content (AvgIpc) is 2.69. The predicted octanol–water partition coefficient (Wildman–Crippen LogP) is 8.30. The molecule has 3 heteroatoms. The summed E-state index contributed by atoms with van der Waals surface area (Å²) in [7, 11) is 1.48. The Bertz CT molecular complexity index is 317. The molecule has 0 aromatic carbocycles. The summed E-state index contributed by atoms with van der Waals surface area (Å²) in [5.74, 6) is -0.833. The minimum atomic E-state index is -0.833. The second-order valence-corrected chi connectivity index (χ2v) is 8.57. The molecule has 0 aliphatic carbocycles. The highest BCUT2D eigenvalue weighted by molar-refractivity contribution is 5.72. The monoisotopic (exact) mass is 398 g/mol. The van der Waals surface area contributed by atoms with E-state index in [1.807, 2.05) is 0 Å². The van der Waals surface area contributed by atoms with Crippen molar-refractivity contribution in [2.24, 2.45) is 0 Å². The van der Waals surface area contributed by atoms with Gasteiger partial charge in [0.25, 0.3) is 0 Å². The van der Waals surface area contributed by atoms with Gasteiger partial charge < -0.3 is 9.84 Å². The second-order valence-electron chi connectivity index (χ2n) is 8.57. The van der Waals surface area contributed by atoms with Crippen LogP contribution in [0.1, 0.15) is 142 Å². The molecule has 1 atom stereocenters. The first-order valence-electron chi connectivity index (χ1n) is 12.5. The fraction of sp³-hybridized carbons (Fsp3) is 0.960. The van der Waals surface area contributed by atoms with E-state index < -0.39 is 12.1 Å². The number of carbonyl (C=O) groups is 1. The van der Waals surface area contributed by atoms with Crippen LogP contribution in [0.2, 0.25) is 0 Å². The van der Waals surface area contributed by atoms with Crippen molar-refractivity contribution >= 4 is 5.97 Å². The number of rotatable bonds is 23. The van der Waals surface area contributed by atoms with Crippen molar-refractivity contribution in [2.45, 2.75) is 148 Å². The fourth-order valence-electron chi connectivity index (χ4n) is 3.93. The molecule has 168 valence electrons. The second kappa shape index (κ2) is 22.7. The summed E-state index contributed by atoms with van der Waals surface area (Å²) in [6, 6.07) is 0. The Labute approximate surface area is 176 Å². The molecule has 0 amide bonds. The number of hydrogen-bond acceptors (Lipinski definition) is 2. The smallest absolute Gasteiger partial charge is 0.332 e. The third-order valence-electron chi connectivity index (χ3n) is 5.88.